The highest BCUT2D eigenvalue weighted by atomic mass is 16.6. The minimum Gasteiger partial charge on any atom is -0.444 e. The lowest BCUT2D eigenvalue weighted by molar-refractivity contribution is 0.0485. The van der Waals surface area contributed by atoms with Crippen LogP contribution in [0.1, 0.15) is 73.6 Å². The maximum absolute atomic E-state index is 11.9. The number of carbonyl (C=O) groups excluding carboxylic acids is 1. The number of hydrogen-bond acceptors (Lipinski definition) is 4. The molecule has 0 saturated heterocycles. The number of nitrogens with one attached hydrogen (secondary N) is 2. The number of rotatable bonds is 5. The fraction of sp³-hybridized carbons (Fsp3) is 0.944. The summed E-state index contributed by atoms with van der Waals surface area (Å²) in [4.78, 5) is 11.9. The summed E-state index contributed by atoms with van der Waals surface area (Å²) in [6, 6.07) is 0.495. The molecule has 5 heteroatoms. The Kier molecular flexibility index (Phi) is 7.33. The molecule has 1 aliphatic carbocycles. The van der Waals surface area contributed by atoms with Gasteiger partial charge in [0.2, 0.25) is 0 Å². The van der Waals surface area contributed by atoms with Gasteiger partial charge in [-0.25, -0.2) is 4.79 Å². The molecule has 0 spiro atoms. The molecule has 0 aromatic rings. The van der Waals surface area contributed by atoms with Gasteiger partial charge in [0.25, 0.3) is 0 Å². The zero-order chi connectivity index (χ0) is 17.7. The van der Waals surface area contributed by atoms with Crippen LogP contribution in [-0.4, -0.2) is 41.5 Å². The summed E-state index contributed by atoms with van der Waals surface area (Å²) in [5.41, 5.74) is -0.331. The van der Waals surface area contributed by atoms with Crippen molar-refractivity contribution in [1.82, 2.24) is 10.6 Å². The number of amides is 1. The molecule has 0 aliphatic heterocycles. The lowest BCUT2D eigenvalue weighted by Gasteiger charge is -2.32. The Labute approximate surface area is 141 Å². The van der Waals surface area contributed by atoms with E-state index in [1.165, 1.54) is 0 Å². The molecule has 0 bridgehead atoms. The molecule has 1 saturated carbocycles. The highest BCUT2D eigenvalue weighted by Gasteiger charge is 2.26. The standard InChI is InChI=1S/C18H36N2O3/c1-17(2,3)11-15(21)12-19-13-8-7-9-14(10-13)20-16(22)23-18(4,5)6/h13-15,19,21H,7-12H2,1-6H3,(H,20,22). The Morgan fingerprint density at radius 3 is 2.35 bits per heavy atom. The molecule has 0 radical (unpaired) electrons. The molecule has 5 nitrogen and oxygen atoms in total. The summed E-state index contributed by atoms with van der Waals surface area (Å²) in [6.07, 6.45) is 4.17. The van der Waals surface area contributed by atoms with Crippen LogP contribution in [0.15, 0.2) is 0 Å². The summed E-state index contributed by atoms with van der Waals surface area (Å²) >= 11 is 0. The van der Waals surface area contributed by atoms with Crippen LogP contribution in [0.3, 0.4) is 0 Å². The van der Waals surface area contributed by atoms with Crippen LogP contribution in [0.5, 0.6) is 0 Å². The highest BCUT2D eigenvalue weighted by molar-refractivity contribution is 5.68. The Morgan fingerprint density at radius 2 is 1.78 bits per heavy atom. The van der Waals surface area contributed by atoms with Crippen molar-refractivity contribution in [2.75, 3.05) is 6.54 Å². The minimum absolute atomic E-state index is 0.133. The Bertz CT molecular complexity index is 371. The SMILES string of the molecule is CC(C)(C)CC(O)CNC1CCCC(NC(=O)OC(C)(C)C)C1. The molecule has 1 fully saturated rings. The van der Waals surface area contributed by atoms with Crippen molar-refractivity contribution in [2.24, 2.45) is 5.41 Å². The Morgan fingerprint density at radius 1 is 1.17 bits per heavy atom. The third-order valence-corrected chi connectivity index (χ3v) is 3.89. The molecule has 3 N–H and O–H groups in total. The van der Waals surface area contributed by atoms with Gasteiger partial charge in [0.15, 0.2) is 0 Å². The quantitative estimate of drug-likeness (QED) is 0.725. The lowest BCUT2D eigenvalue weighted by Crippen LogP contribution is -2.47. The third-order valence-electron chi connectivity index (χ3n) is 3.89. The van der Waals surface area contributed by atoms with E-state index < -0.39 is 5.60 Å². The highest BCUT2D eigenvalue weighted by Crippen LogP contribution is 2.22. The summed E-state index contributed by atoms with van der Waals surface area (Å²) in [5.74, 6) is 0. The number of alkyl carbamates (subject to hydrolysis) is 1. The molecular formula is C18H36N2O3. The summed E-state index contributed by atoms with van der Waals surface area (Å²) < 4.78 is 5.32. The largest absolute Gasteiger partial charge is 0.444 e. The van der Waals surface area contributed by atoms with Crippen molar-refractivity contribution in [3.05, 3.63) is 0 Å². The van der Waals surface area contributed by atoms with Gasteiger partial charge in [-0.15, -0.1) is 0 Å². The fourth-order valence-corrected chi connectivity index (χ4v) is 3.06. The first-order valence-electron chi connectivity index (χ1n) is 8.85. The Balaban J connectivity index is 2.33. The monoisotopic (exact) mass is 328 g/mol. The number of aliphatic hydroxyl groups is 1. The molecule has 23 heavy (non-hydrogen) atoms. The molecule has 3 atom stereocenters. The molecule has 136 valence electrons. The topological polar surface area (TPSA) is 70.6 Å². The zero-order valence-corrected chi connectivity index (χ0v) is 15.7. The summed E-state index contributed by atoms with van der Waals surface area (Å²) in [5, 5.41) is 16.5. The van der Waals surface area contributed by atoms with Gasteiger partial charge in [-0.3, -0.25) is 0 Å². The second-order valence-electron chi connectivity index (χ2n) is 9.03. The van der Waals surface area contributed by atoms with Gasteiger partial charge in [0.05, 0.1) is 6.10 Å². The van der Waals surface area contributed by atoms with Crippen molar-refractivity contribution in [2.45, 2.75) is 97.4 Å². The fourth-order valence-electron chi connectivity index (χ4n) is 3.06. The molecule has 1 rings (SSSR count). The second-order valence-corrected chi connectivity index (χ2v) is 9.03. The third kappa shape index (κ3) is 9.82. The van der Waals surface area contributed by atoms with Crippen LogP contribution in [0.25, 0.3) is 0 Å². The molecule has 1 aliphatic rings. The van der Waals surface area contributed by atoms with Gasteiger partial charge in [-0.05, 0) is 58.3 Å². The average molecular weight is 328 g/mol. The van der Waals surface area contributed by atoms with E-state index in [2.05, 4.69) is 31.4 Å². The van der Waals surface area contributed by atoms with E-state index in [1.807, 2.05) is 20.8 Å². The van der Waals surface area contributed by atoms with Crippen molar-refractivity contribution in [3.8, 4) is 0 Å². The molecule has 0 heterocycles. The number of aliphatic hydroxyl groups excluding tert-OH is 1. The van der Waals surface area contributed by atoms with Crippen LogP contribution >= 0.6 is 0 Å². The predicted octanol–water partition coefficient (Wildman–Crippen LogP) is 3.21. The molecule has 1 amide bonds. The number of hydrogen-bond donors (Lipinski definition) is 3. The number of carbonyl (C=O) groups is 1. The maximum Gasteiger partial charge on any atom is 0.407 e. The van der Waals surface area contributed by atoms with Crippen molar-refractivity contribution in [3.63, 3.8) is 0 Å². The van der Waals surface area contributed by atoms with Crippen LogP contribution < -0.4 is 10.6 Å². The van der Waals surface area contributed by atoms with Crippen LogP contribution in [0.4, 0.5) is 4.79 Å². The van der Waals surface area contributed by atoms with E-state index >= 15 is 0 Å². The summed E-state index contributed by atoms with van der Waals surface area (Å²) in [6.45, 7) is 12.6. The molecule has 0 aromatic heterocycles. The Hall–Kier alpha value is -0.810. The van der Waals surface area contributed by atoms with Gasteiger partial charge < -0.3 is 20.5 Å². The smallest absolute Gasteiger partial charge is 0.407 e. The van der Waals surface area contributed by atoms with E-state index in [4.69, 9.17) is 4.74 Å². The molecule has 0 aromatic carbocycles. The maximum atomic E-state index is 11.9. The van der Waals surface area contributed by atoms with Crippen molar-refractivity contribution < 1.29 is 14.6 Å². The normalized spacial score (nSPS) is 24.1. The van der Waals surface area contributed by atoms with E-state index in [1.54, 1.807) is 0 Å². The van der Waals surface area contributed by atoms with Crippen molar-refractivity contribution in [1.29, 1.82) is 0 Å². The second kappa shape index (κ2) is 8.34. The van der Waals surface area contributed by atoms with Gasteiger partial charge in [0.1, 0.15) is 5.60 Å². The van der Waals surface area contributed by atoms with Gasteiger partial charge in [0, 0.05) is 18.6 Å². The molecule has 3 unspecified atom stereocenters. The lowest BCUT2D eigenvalue weighted by atomic mass is 9.88. The van der Waals surface area contributed by atoms with Gasteiger partial charge in [-0.1, -0.05) is 20.8 Å². The number of ether oxygens (including phenoxy) is 1. The van der Waals surface area contributed by atoms with E-state index in [0.717, 1.165) is 32.1 Å². The van der Waals surface area contributed by atoms with Crippen LogP contribution in [0, 0.1) is 5.41 Å². The summed E-state index contributed by atoms with van der Waals surface area (Å²) in [7, 11) is 0. The average Bonchev–Trinajstić information content (AvgIpc) is 2.32. The van der Waals surface area contributed by atoms with Crippen LogP contribution in [-0.2, 0) is 4.74 Å². The van der Waals surface area contributed by atoms with Gasteiger partial charge in [-0.2, -0.15) is 0 Å². The first-order valence-corrected chi connectivity index (χ1v) is 8.85. The van der Waals surface area contributed by atoms with E-state index in [0.29, 0.717) is 12.6 Å². The van der Waals surface area contributed by atoms with E-state index in [-0.39, 0.29) is 23.7 Å². The van der Waals surface area contributed by atoms with Crippen LogP contribution in [0.2, 0.25) is 0 Å². The van der Waals surface area contributed by atoms with E-state index in [9.17, 15) is 9.90 Å². The van der Waals surface area contributed by atoms with Gasteiger partial charge >= 0.3 is 6.09 Å². The predicted molar refractivity (Wildman–Crippen MR) is 93.5 cm³/mol. The van der Waals surface area contributed by atoms with Crippen molar-refractivity contribution >= 4 is 6.09 Å². The zero-order valence-electron chi connectivity index (χ0n) is 15.7. The minimum atomic E-state index is -0.465. The first kappa shape index (κ1) is 20.2. The molecular weight excluding hydrogens is 292 g/mol. The first-order chi connectivity index (χ1) is 10.4.